The predicted octanol–water partition coefficient (Wildman–Crippen LogP) is 2.67. The summed E-state index contributed by atoms with van der Waals surface area (Å²) in [5.74, 6) is 0. The second-order valence-corrected chi connectivity index (χ2v) is 5.57. The fraction of sp³-hybridized carbons (Fsp3) is 0.588. The van der Waals surface area contributed by atoms with Crippen LogP contribution < -0.4 is 10.2 Å². The summed E-state index contributed by atoms with van der Waals surface area (Å²) in [4.78, 5) is 2.30. The van der Waals surface area contributed by atoms with Crippen molar-refractivity contribution in [3.63, 3.8) is 0 Å². The quantitative estimate of drug-likeness (QED) is 0.874. The standard InChI is InChI=1S/C17H25N3O/c1-3-9-21-16-5-4-8-20(13-16)17-7-6-14(12-19-2)10-15(17)11-18/h6-7,10,16,19H,3-5,8-9,12-13H2,1-2H3. The maximum absolute atomic E-state index is 9.42. The molecule has 0 radical (unpaired) electrons. The van der Waals surface area contributed by atoms with Crippen molar-refractivity contribution in [2.45, 2.75) is 38.8 Å². The Kier molecular flexibility index (Phi) is 6.04. The number of benzene rings is 1. The summed E-state index contributed by atoms with van der Waals surface area (Å²) in [5.41, 5.74) is 2.95. The molecule has 1 fully saturated rings. The molecule has 1 aromatic rings. The van der Waals surface area contributed by atoms with E-state index in [4.69, 9.17) is 4.74 Å². The molecule has 1 heterocycles. The number of hydrogen-bond acceptors (Lipinski definition) is 4. The molecule has 0 saturated carbocycles. The fourth-order valence-electron chi connectivity index (χ4n) is 2.84. The zero-order chi connectivity index (χ0) is 15.1. The summed E-state index contributed by atoms with van der Waals surface area (Å²) < 4.78 is 5.89. The van der Waals surface area contributed by atoms with Crippen LogP contribution >= 0.6 is 0 Å². The molecule has 1 N–H and O–H groups in total. The molecule has 114 valence electrons. The van der Waals surface area contributed by atoms with E-state index >= 15 is 0 Å². The van der Waals surface area contributed by atoms with Crippen molar-refractivity contribution in [1.82, 2.24) is 5.32 Å². The van der Waals surface area contributed by atoms with Crippen molar-refractivity contribution in [3.05, 3.63) is 29.3 Å². The third-order valence-electron chi connectivity index (χ3n) is 3.84. The first-order valence-electron chi connectivity index (χ1n) is 7.82. The maximum Gasteiger partial charge on any atom is 0.101 e. The van der Waals surface area contributed by atoms with Crippen LogP contribution in [0.4, 0.5) is 5.69 Å². The Morgan fingerprint density at radius 2 is 2.33 bits per heavy atom. The van der Waals surface area contributed by atoms with Crippen molar-refractivity contribution in [2.75, 3.05) is 31.6 Å². The largest absolute Gasteiger partial charge is 0.376 e. The van der Waals surface area contributed by atoms with E-state index in [1.807, 2.05) is 13.1 Å². The first-order chi connectivity index (χ1) is 10.3. The Morgan fingerprint density at radius 1 is 1.48 bits per heavy atom. The molecule has 2 rings (SSSR count). The lowest BCUT2D eigenvalue weighted by atomic mass is 10.0. The molecule has 0 aromatic heterocycles. The van der Waals surface area contributed by atoms with Gasteiger partial charge in [-0.15, -0.1) is 0 Å². The molecule has 4 heteroatoms. The molecular formula is C17H25N3O. The van der Waals surface area contributed by atoms with Crippen molar-refractivity contribution in [1.29, 1.82) is 5.26 Å². The smallest absolute Gasteiger partial charge is 0.101 e. The minimum Gasteiger partial charge on any atom is -0.376 e. The third kappa shape index (κ3) is 4.20. The van der Waals surface area contributed by atoms with E-state index in [-0.39, 0.29) is 0 Å². The molecule has 1 aliphatic rings. The highest BCUT2D eigenvalue weighted by Gasteiger charge is 2.22. The van der Waals surface area contributed by atoms with Gasteiger partial charge in [0.05, 0.1) is 17.4 Å². The first kappa shape index (κ1) is 15.8. The van der Waals surface area contributed by atoms with Gasteiger partial charge in [-0.3, -0.25) is 0 Å². The molecule has 21 heavy (non-hydrogen) atoms. The third-order valence-corrected chi connectivity index (χ3v) is 3.84. The second kappa shape index (κ2) is 8.02. The van der Waals surface area contributed by atoms with Crippen molar-refractivity contribution in [2.24, 2.45) is 0 Å². The molecule has 4 nitrogen and oxygen atoms in total. The molecule has 1 unspecified atom stereocenters. The lowest BCUT2D eigenvalue weighted by Crippen LogP contribution is -2.40. The van der Waals surface area contributed by atoms with E-state index < -0.39 is 0 Å². The SMILES string of the molecule is CCCOC1CCCN(c2ccc(CNC)cc2C#N)C1. The molecule has 1 atom stereocenters. The molecule has 1 saturated heterocycles. The van der Waals surface area contributed by atoms with E-state index in [0.717, 1.165) is 62.3 Å². The van der Waals surface area contributed by atoms with Gasteiger partial charge >= 0.3 is 0 Å². The van der Waals surface area contributed by atoms with Crippen LogP contribution in [0.15, 0.2) is 18.2 Å². The van der Waals surface area contributed by atoms with E-state index in [9.17, 15) is 5.26 Å². The van der Waals surface area contributed by atoms with E-state index in [1.165, 1.54) is 0 Å². The van der Waals surface area contributed by atoms with E-state index in [0.29, 0.717) is 6.10 Å². The summed E-state index contributed by atoms with van der Waals surface area (Å²) in [5, 5.41) is 12.5. The highest BCUT2D eigenvalue weighted by molar-refractivity contribution is 5.60. The number of rotatable bonds is 6. The molecular weight excluding hydrogens is 262 g/mol. The average molecular weight is 287 g/mol. The zero-order valence-corrected chi connectivity index (χ0v) is 13.1. The van der Waals surface area contributed by atoms with Crippen LogP contribution in [0.25, 0.3) is 0 Å². The average Bonchev–Trinajstić information content (AvgIpc) is 2.53. The normalized spacial score (nSPS) is 18.5. The molecule has 1 aliphatic heterocycles. The number of anilines is 1. The second-order valence-electron chi connectivity index (χ2n) is 5.57. The highest BCUT2D eigenvalue weighted by Crippen LogP contribution is 2.26. The number of ether oxygens (including phenoxy) is 1. The Hall–Kier alpha value is -1.57. The molecule has 0 bridgehead atoms. The van der Waals surface area contributed by atoms with Crippen LogP contribution in [0.2, 0.25) is 0 Å². The van der Waals surface area contributed by atoms with Gasteiger partial charge in [0.1, 0.15) is 6.07 Å². The van der Waals surface area contributed by atoms with Gasteiger partial charge in [0.15, 0.2) is 0 Å². The van der Waals surface area contributed by atoms with E-state index in [2.05, 4.69) is 35.3 Å². The maximum atomic E-state index is 9.42. The summed E-state index contributed by atoms with van der Waals surface area (Å²) >= 11 is 0. The molecule has 0 aliphatic carbocycles. The minimum atomic E-state index is 0.294. The van der Waals surface area contributed by atoms with Crippen LogP contribution in [0.5, 0.6) is 0 Å². The highest BCUT2D eigenvalue weighted by atomic mass is 16.5. The van der Waals surface area contributed by atoms with Crippen LogP contribution in [0.3, 0.4) is 0 Å². The Morgan fingerprint density at radius 3 is 3.05 bits per heavy atom. The zero-order valence-electron chi connectivity index (χ0n) is 13.1. The topological polar surface area (TPSA) is 48.3 Å². The lowest BCUT2D eigenvalue weighted by molar-refractivity contribution is 0.0440. The summed E-state index contributed by atoms with van der Waals surface area (Å²) in [6, 6.07) is 8.51. The Bertz CT molecular complexity index is 495. The number of nitriles is 1. The number of piperidine rings is 1. The summed E-state index contributed by atoms with van der Waals surface area (Å²) in [6.07, 6.45) is 3.59. The van der Waals surface area contributed by atoms with E-state index in [1.54, 1.807) is 0 Å². The number of hydrogen-bond donors (Lipinski definition) is 1. The van der Waals surface area contributed by atoms with Crippen molar-refractivity contribution >= 4 is 5.69 Å². The van der Waals surface area contributed by atoms with Crippen molar-refractivity contribution < 1.29 is 4.74 Å². The van der Waals surface area contributed by atoms with Gasteiger partial charge in [0, 0.05) is 26.2 Å². The summed E-state index contributed by atoms with van der Waals surface area (Å²) in [7, 11) is 1.92. The molecule has 0 spiro atoms. The Balaban J connectivity index is 2.11. The number of nitrogens with zero attached hydrogens (tertiary/aromatic N) is 2. The van der Waals surface area contributed by atoms with Gasteiger partial charge in [0.25, 0.3) is 0 Å². The van der Waals surface area contributed by atoms with Crippen molar-refractivity contribution in [3.8, 4) is 6.07 Å². The van der Waals surface area contributed by atoms with Gasteiger partial charge in [-0.25, -0.2) is 0 Å². The number of nitrogens with one attached hydrogen (secondary N) is 1. The first-order valence-corrected chi connectivity index (χ1v) is 7.82. The van der Waals surface area contributed by atoms with Crippen LogP contribution in [0, 0.1) is 11.3 Å². The van der Waals surface area contributed by atoms with Gasteiger partial charge in [0.2, 0.25) is 0 Å². The minimum absolute atomic E-state index is 0.294. The fourth-order valence-corrected chi connectivity index (χ4v) is 2.84. The molecule has 1 aromatic carbocycles. The van der Waals surface area contributed by atoms with Crippen LogP contribution in [-0.4, -0.2) is 32.8 Å². The van der Waals surface area contributed by atoms with Crippen LogP contribution in [0.1, 0.15) is 37.3 Å². The lowest BCUT2D eigenvalue weighted by Gasteiger charge is -2.34. The predicted molar refractivity (Wildman–Crippen MR) is 85.4 cm³/mol. The van der Waals surface area contributed by atoms with Crippen LogP contribution in [-0.2, 0) is 11.3 Å². The van der Waals surface area contributed by atoms with Gasteiger partial charge < -0.3 is 15.0 Å². The molecule has 0 amide bonds. The van der Waals surface area contributed by atoms with Gasteiger partial charge in [-0.05, 0) is 44.0 Å². The Labute approximate surface area is 127 Å². The monoisotopic (exact) mass is 287 g/mol. The summed E-state index contributed by atoms with van der Waals surface area (Å²) in [6.45, 7) is 5.64. The van der Waals surface area contributed by atoms with Gasteiger partial charge in [-0.1, -0.05) is 13.0 Å². The van der Waals surface area contributed by atoms with Gasteiger partial charge in [-0.2, -0.15) is 5.26 Å².